The van der Waals surface area contributed by atoms with E-state index in [-0.39, 0.29) is 6.04 Å². The van der Waals surface area contributed by atoms with Crippen LogP contribution in [0.2, 0.25) is 0 Å². The van der Waals surface area contributed by atoms with Gasteiger partial charge in [-0.25, -0.2) is 0 Å². The highest BCUT2D eigenvalue weighted by Crippen LogP contribution is 2.18. The average Bonchev–Trinajstić information content (AvgIpc) is 2.95. The third-order valence-electron chi connectivity index (χ3n) is 2.62. The molecule has 0 saturated carbocycles. The largest absolute Gasteiger partial charge is 0.386 e. The van der Waals surface area contributed by atoms with Gasteiger partial charge < -0.3 is 15.0 Å². The van der Waals surface area contributed by atoms with E-state index in [1.807, 2.05) is 36.1 Å². The predicted molar refractivity (Wildman–Crippen MR) is 66.7 cm³/mol. The Morgan fingerprint density at radius 1 is 1.59 bits per heavy atom. The van der Waals surface area contributed by atoms with Crippen LogP contribution in [0.25, 0.3) is 0 Å². The van der Waals surface area contributed by atoms with Gasteiger partial charge in [-0.1, -0.05) is 6.07 Å². The Morgan fingerprint density at radius 2 is 2.41 bits per heavy atom. The lowest BCUT2D eigenvalue weighted by atomic mass is 10.2. The molecule has 2 N–H and O–H groups in total. The van der Waals surface area contributed by atoms with Gasteiger partial charge in [-0.2, -0.15) is 0 Å². The number of aliphatic hydroxyl groups excluding tert-OH is 1. The molecule has 0 radical (unpaired) electrons. The van der Waals surface area contributed by atoms with Crippen molar-refractivity contribution in [3.63, 3.8) is 0 Å². The second-order valence-electron chi connectivity index (χ2n) is 3.96. The van der Waals surface area contributed by atoms with Gasteiger partial charge in [0.1, 0.15) is 18.3 Å². The van der Waals surface area contributed by atoms with E-state index in [1.54, 1.807) is 17.7 Å². The summed E-state index contributed by atoms with van der Waals surface area (Å²) in [6.45, 7) is 2.51. The SMILES string of the molecule is CC(NCC(O)c1cccs1)c1nncn1C. The van der Waals surface area contributed by atoms with Crippen LogP contribution in [0.15, 0.2) is 23.8 Å². The van der Waals surface area contributed by atoms with Crippen LogP contribution >= 0.6 is 11.3 Å². The molecule has 0 aliphatic rings. The molecule has 0 saturated heterocycles. The fraction of sp³-hybridized carbons (Fsp3) is 0.455. The first-order valence-corrected chi connectivity index (χ1v) is 6.35. The summed E-state index contributed by atoms with van der Waals surface area (Å²) in [7, 11) is 1.91. The molecular weight excluding hydrogens is 236 g/mol. The van der Waals surface area contributed by atoms with Crippen LogP contribution in [-0.4, -0.2) is 26.4 Å². The molecular formula is C11H16N4OS. The van der Waals surface area contributed by atoms with Crippen molar-refractivity contribution in [2.75, 3.05) is 6.54 Å². The Kier molecular flexibility index (Phi) is 3.88. The van der Waals surface area contributed by atoms with Crippen LogP contribution in [-0.2, 0) is 7.05 Å². The third-order valence-corrected chi connectivity index (χ3v) is 3.60. The monoisotopic (exact) mass is 252 g/mol. The van der Waals surface area contributed by atoms with E-state index in [9.17, 15) is 5.11 Å². The molecule has 0 aliphatic carbocycles. The highest BCUT2D eigenvalue weighted by molar-refractivity contribution is 7.10. The van der Waals surface area contributed by atoms with Gasteiger partial charge in [0.2, 0.25) is 0 Å². The van der Waals surface area contributed by atoms with Gasteiger partial charge in [0.25, 0.3) is 0 Å². The number of aromatic nitrogens is 3. The number of rotatable bonds is 5. The molecule has 0 amide bonds. The van der Waals surface area contributed by atoms with Crippen molar-refractivity contribution in [3.8, 4) is 0 Å². The molecule has 2 unspecified atom stereocenters. The van der Waals surface area contributed by atoms with Crippen LogP contribution in [0, 0.1) is 0 Å². The number of aliphatic hydroxyl groups is 1. The lowest BCUT2D eigenvalue weighted by Gasteiger charge is -2.15. The fourth-order valence-corrected chi connectivity index (χ4v) is 2.36. The van der Waals surface area contributed by atoms with Gasteiger partial charge in [0.05, 0.1) is 6.04 Å². The van der Waals surface area contributed by atoms with Gasteiger partial charge >= 0.3 is 0 Å². The van der Waals surface area contributed by atoms with E-state index in [0.717, 1.165) is 10.7 Å². The zero-order valence-electron chi connectivity index (χ0n) is 9.87. The van der Waals surface area contributed by atoms with Crippen molar-refractivity contribution in [3.05, 3.63) is 34.5 Å². The number of thiophene rings is 1. The maximum atomic E-state index is 9.93. The lowest BCUT2D eigenvalue weighted by molar-refractivity contribution is 0.173. The zero-order valence-corrected chi connectivity index (χ0v) is 10.7. The van der Waals surface area contributed by atoms with E-state index >= 15 is 0 Å². The Balaban J connectivity index is 1.88. The van der Waals surface area contributed by atoms with Crippen LogP contribution in [0.1, 0.15) is 29.8 Å². The molecule has 2 aromatic heterocycles. The van der Waals surface area contributed by atoms with E-state index in [1.165, 1.54) is 0 Å². The van der Waals surface area contributed by atoms with Crippen molar-refractivity contribution in [1.29, 1.82) is 0 Å². The second kappa shape index (κ2) is 5.39. The van der Waals surface area contributed by atoms with Gasteiger partial charge in [-0.3, -0.25) is 0 Å². The normalized spacial score (nSPS) is 14.8. The molecule has 0 aromatic carbocycles. The summed E-state index contributed by atoms with van der Waals surface area (Å²) in [5.74, 6) is 0.864. The summed E-state index contributed by atoms with van der Waals surface area (Å²) < 4.78 is 1.87. The quantitative estimate of drug-likeness (QED) is 0.841. The minimum absolute atomic E-state index is 0.0668. The van der Waals surface area contributed by atoms with Crippen molar-refractivity contribution in [1.82, 2.24) is 20.1 Å². The van der Waals surface area contributed by atoms with Crippen molar-refractivity contribution in [2.45, 2.75) is 19.1 Å². The second-order valence-corrected chi connectivity index (χ2v) is 4.94. The molecule has 92 valence electrons. The Labute approximate surface area is 104 Å². The fourth-order valence-electron chi connectivity index (χ4n) is 1.65. The molecule has 6 heteroatoms. The van der Waals surface area contributed by atoms with Crippen LogP contribution < -0.4 is 5.32 Å². The lowest BCUT2D eigenvalue weighted by Crippen LogP contribution is -2.26. The zero-order chi connectivity index (χ0) is 12.3. The van der Waals surface area contributed by atoms with Crippen LogP contribution in [0.4, 0.5) is 0 Å². The molecule has 17 heavy (non-hydrogen) atoms. The molecule has 0 bridgehead atoms. The van der Waals surface area contributed by atoms with Gasteiger partial charge in [0, 0.05) is 18.5 Å². The summed E-state index contributed by atoms with van der Waals surface area (Å²) in [5.41, 5.74) is 0. The van der Waals surface area contributed by atoms with Gasteiger partial charge in [-0.05, 0) is 18.4 Å². The summed E-state index contributed by atoms with van der Waals surface area (Å²) in [6.07, 6.45) is 1.20. The van der Waals surface area contributed by atoms with Crippen LogP contribution in [0.3, 0.4) is 0 Å². The Bertz CT molecular complexity index is 454. The highest BCUT2D eigenvalue weighted by Gasteiger charge is 2.14. The maximum Gasteiger partial charge on any atom is 0.149 e. The van der Waals surface area contributed by atoms with E-state index in [2.05, 4.69) is 15.5 Å². The third kappa shape index (κ3) is 2.91. The molecule has 2 heterocycles. The number of hydrogen-bond donors (Lipinski definition) is 2. The van der Waals surface area contributed by atoms with Crippen LogP contribution in [0.5, 0.6) is 0 Å². The van der Waals surface area contributed by atoms with Crippen molar-refractivity contribution >= 4 is 11.3 Å². The molecule has 2 rings (SSSR count). The summed E-state index contributed by atoms with van der Waals surface area (Å²) in [4.78, 5) is 0.975. The molecule has 0 aliphatic heterocycles. The molecule has 2 aromatic rings. The van der Waals surface area contributed by atoms with Gasteiger partial charge in [0.15, 0.2) is 0 Å². The standard InChI is InChI=1S/C11H16N4OS/c1-8(11-14-13-7-15(11)2)12-6-9(16)10-4-3-5-17-10/h3-5,7-9,12,16H,6H2,1-2H3. The molecule has 5 nitrogen and oxygen atoms in total. The van der Waals surface area contributed by atoms with Crippen molar-refractivity contribution < 1.29 is 5.11 Å². The van der Waals surface area contributed by atoms with E-state index < -0.39 is 6.10 Å². The number of nitrogens with zero attached hydrogens (tertiary/aromatic N) is 3. The minimum atomic E-state index is -0.467. The van der Waals surface area contributed by atoms with Crippen molar-refractivity contribution in [2.24, 2.45) is 7.05 Å². The highest BCUT2D eigenvalue weighted by atomic mass is 32.1. The van der Waals surface area contributed by atoms with Gasteiger partial charge in [-0.15, -0.1) is 21.5 Å². The number of aryl methyl sites for hydroxylation is 1. The average molecular weight is 252 g/mol. The summed E-state index contributed by atoms with van der Waals surface area (Å²) in [6, 6.07) is 3.94. The first-order chi connectivity index (χ1) is 8.18. The number of hydrogen-bond acceptors (Lipinski definition) is 5. The smallest absolute Gasteiger partial charge is 0.149 e. The molecule has 0 fully saturated rings. The topological polar surface area (TPSA) is 63.0 Å². The van der Waals surface area contributed by atoms with E-state index in [0.29, 0.717) is 6.54 Å². The molecule has 0 spiro atoms. The minimum Gasteiger partial charge on any atom is -0.386 e. The maximum absolute atomic E-state index is 9.93. The predicted octanol–water partition coefficient (Wildman–Crippen LogP) is 1.26. The Hall–Kier alpha value is -1.24. The Morgan fingerprint density at radius 3 is 3.00 bits per heavy atom. The molecule has 2 atom stereocenters. The first kappa shape index (κ1) is 12.2. The van der Waals surface area contributed by atoms with E-state index in [4.69, 9.17) is 0 Å². The summed E-state index contributed by atoms with van der Waals surface area (Å²) >= 11 is 1.56. The summed E-state index contributed by atoms with van der Waals surface area (Å²) in [5, 5.41) is 23.0. The first-order valence-electron chi connectivity index (χ1n) is 5.47. The number of nitrogens with one attached hydrogen (secondary N) is 1.